The highest BCUT2D eigenvalue weighted by Crippen LogP contribution is 2.21. The maximum atomic E-state index is 11.8. The van der Waals surface area contributed by atoms with E-state index in [0.717, 1.165) is 12.0 Å². The van der Waals surface area contributed by atoms with E-state index in [1.807, 2.05) is 38.2 Å². The molecule has 0 saturated carbocycles. The summed E-state index contributed by atoms with van der Waals surface area (Å²) >= 11 is 6.00. The summed E-state index contributed by atoms with van der Waals surface area (Å²) in [5.74, 6) is 0.268. The summed E-state index contributed by atoms with van der Waals surface area (Å²) in [6.07, 6.45) is 9.10. The third kappa shape index (κ3) is 6.77. The highest BCUT2D eigenvalue weighted by atomic mass is 35.5. The summed E-state index contributed by atoms with van der Waals surface area (Å²) in [5.41, 5.74) is 2.24. The summed E-state index contributed by atoms with van der Waals surface area (Å²) in [4.78, 5) is 11.8. The lowest BCUT2D eigenvalue weighted by Gasteiger charge is -2.10. The maximum absolute atomic E-state index is 11.8. The zero-order valence-corrected chi connectivity index (χ0v) is 15.7. The molecule has 2 rings (SSSR count). The maximum Gasteiger partial charge on any atom is 0.338 e. The number of aliphatic hydroxyl groups is 1. The van der Waals surface area contributed by atoms with E-state index in [0.29, 0.717) is 28.3 Å². The van der Waals surface area contributed by atoms with Crippen LogP contribution in [0.1, 0.15) is 42.6 Å². The molecule has 0 bridgehead atoms. The van der Waals surface area contributed by atoms with Crippen molar-refractivity contribution in [2.45, 2.75) is 33.3 Å². The minimum Gasteiger partial charge on any atom is -0.489 e. The molecular weight excluding hydrogens is 340 g/mol. The average Bonchev–Trinajstić information content (AvgIpc) is 2.87. The van der Waals surface area contributed by atoms with Crippen molar-refractivity contribution in [1.29, 1.82) is 0 Å². The van der Waals surface area contributed by atoms with E-state index < -0.39 is 5.97 Å². The van der Waals surface area contributed by atoms with Crippen molar-refractivity contribution >= 4 is 17.6 Å². The molecule has 25 heavy (non-hydrogen) atoms. The SMILES string of the molecule is CC.COC(=O)c1ccc(Cl)cc1COC1=CC=C(CCO)CC=C1. The summed E-state index contributed by atoms with van der Waals surface area (Å²) in [7, 11) is 1.34. The standard InChI is InChI=1S/C18H19ClO4.C2H6/c1-22-18(21)17-8-6-15(19)11-14(17)12-23-16-4-2-3-13(5-7-16)9-10-20;1-2/h2,4-8,11,20H,3,9-10,12H2,1H3;1-2H3. The molecule has 1 aromatic carbocycles. The number of methoxy groups -OCH3 is 1. The van der Waals surface area contributed by atoms with Crippen molar-refractivity contribution in [3.05, 3.63) is 70.0 Å². The van der Waals surface area contributed by atoms with Gasteiger partial charge in [0.15, 0.2) is 0 Å². The van der Waals surface area contributed by atoms with E-state index in [4.69, 9.17) is 26.2 Å². The van der Waals surface area contributed by atoms with Crippen LogP contribution in [0.25, 0.3) is 0 Å². The Bertz CT molecular complexity index is 660. The van der Waals surface area contributed by atoms with Crippen LogP contribution in [0.2, 0.25) is 5.02 Å². The van der Waals surface area contributed by atoms with Gasteiger partial charge in [-0.25, -0.2) is 4.79 Å². The molecule has 1 aliphatic rings. The topological polar surface area (TPSA) is 55.8 Å². The van der Waals surface area contributed by atoms with Crippen molar-refractivity contribution in [3.8, 4) is 0 Å². The van der Waals surface area contributed by atoms with Crippen LogP contribution in [-0.2, 0) is 16.1 Å². The van der Waals surface area contributed by atoms with Gasteiger partial charge in [-0.15, -0.1) is 0 Å². The second-order valence-corrected chi connectivity index (χ2v) is 5.49. The first-order valence-electron chi connectivity index (χ1n) is 8.30. The number of carbonyl (C=O) groups excluding carboxylic acids is 1. The quantitative estimate of drug-likeness (QED) is 0.735. The van der Waals surface area contributed by atoms with Crippen molar-refractivity contribution in [2.24, 2.45) is 0 Å². The smallest absolute Gasteiger partial charge is 0.338 e. The molecule has 136 valence electrons. The Morgan fingerprint density at radius 1 is 1.28 bits per heavy atom. The van der Waals surface area contributed by atoms with E-state index in [1.165, 1.54) is 7.11 Å². The third-order valence-electron chi connectivity index (χ3n) is 3.45. The first-order valence-corrected chi connectivity index (χ1v) is 8.68. The average molecular weight is 365 g/mol. The number of allylic oxidation sites excluding steroid dienone is 4. The summed E-state index contributed by atoms with van der Waals surface area (Å²) < 4.78 is 10.5. The van der Waals surface area contributed by atoms with Crippen LogP contribution in [-0.4, -0.2) is 24.8 Å². The highest BCUT2D eigenvalue weighted by Gasteiger charge is 2.13. The minimum atomic E-state index is -0.421. The van der Waals surface area contributed by atoms with Crippen molar-refractivity contribution in [1.82, 2.24) is 0 Å². The van der Waals surface area contributed by atoms with Crippen LogP contribution in [0.5, 0.6) is 0 Å². The fraction of sp³-hybridized carbons (Fsp3) is 0.350. The highest BCUT2D eigenvalue weighted by molar-refractivity contribution is 6.30. The zero-order valence-electron chi connectivity index (χ0n) is 14.9. The van der Waals surface area contributed by atoms with Crippen LogP contribution in [0.3, 0.4) is 0 Å². The molecule has 0 amide bonds. The Morgan fingerprint density at radius 3 is 2.72 bits per heavy atom. The number of halogens is 1. The molecule has 0 aromatic heterocycles. The number of benzene rings is 1. The van der Waals surface area contributed by atoms with Gasteiger partial charge < -0.3 is 14.6 Å². The fourth-order valence-electron chi connectivity index (χ4n) is 2.23. The number of rotatable bonds is 6. The second kappa shape index (κ2) is 11.5. The van der Waals surface area contributed by atoms with E-state index >= 15 is 0 Å². The number of carbonyl (C=O) groups is 1. The van der Waals surface area contributed by atoms with Gasteiger partial charge in [-0.05, 0) is 43.2 Å². The largest absolute Gasteiger partial charge is 0.489 e. The lowest BCUT2D eigenvalue weighted by Crippen LogP contribution is -2.06. The van der Waals surface area contributed by atoms with Gasteiger partial charge in [-0.1, -0.05) is 43.2 Å². The van der Waals surface area contributed by atoms with Crippen LogP contribution in [0, 0.1) is 0 Å². The Kier molecular flexibility index (Phi) is 9.66. The first kappa shape index (κ1) is 21.0. The predicted molar refractivity (Wildman–Crippen MR) is 101 cm³/mol. The fourth-order valence-corrected chi connectivity index (χ4v) is 2.42. The van der Waals surface area contributed by atoms with E-state index in [9.17, 15) is 4.79 Å². The van der Waals surface area contributed by atoms with Crippen LogP contribution >= 0.6 is 11.6 Å². The molecule has 1 aromatic rings. The molecule has 0 spiro atoms. The molecule has 0 atom stereocenters. The number of ether oxygens (including phenoxy) is 2. The Hall–Kier alpha value is -2.04. The van der Waals surface area contributed by atoms with Gasteiger partial charge in [0.25, 0.3) is 0 Å². The molecule has 5 heteroatoms. The molecule has 0 aliphatic heterocycles. The monoisotopic (exact) mass is 364 g/mol. The van der Waals surface area contributed by atoms with Gasteiger partial charge in [0, 0.05) is 17.2 Å². The van der Waals surface area contributed by atoms with Gasteiger partial charge >= 0.3 is 5.97 Å². The Balaban J connectivity index is 0.00000151. The van der Waals surface area contributed by atoms with E-state index in [1.54, 1.807) is 18.2 Å². The Morgan fingerprint density at radius 2 is 2.04 bits per heavy atom. The van der Waals surface area contributed by atoms with Gasteiger partial charge in [0.05, 0.1) is 12.7 Å². The Labute approximate surface area is 154 Å². The van der Waals surface area contributed by atoms with E-state index in [2.05, 4.69) is 0 Å². The molecule has 1 N–H and O–H groups in total. The third-order valence-corrected chi connectivity index (χ3v) is 3.68. The molecule has 0 radical (unpaired) electrons. The van der Waals surface area contributed by atoms with Gasteiger partial charge in [0.2, 0.25) is 0 Å². The summed E-state index contributed by atoms with van der Waals surface area (Å²) in [6.45, 7) is 4.35. The summed E-state index contributed by atoms with van der Waals surface area (Å²) in [5, 5.41) is 9.52. The molecule has 0 heterocycles. The number of hydrogen-bond donors (Lipinski definition) is 1. The van der Waals surface area contributed by atoms with Crippen LogP contribution in [0.4, 0.5) is 0 Å². The zero-order chi connectivity index (χ0) is 18.7. The van der Waals surface area contributed by atoms with Gasteiger partial charge in [-0.2, -0.15) is 0 Å². The van der Waals surface area contributed by atoms with Crippen molar-refractivity contribution < 1.29 is 19.4 Å². The predicted octanol–water partition coefficient (Wildman–Crippen LogP) is 4.82. The first-order chi connectivity index (χ1) is 12.1. The minimum absolute atomic E-state index is 0.134. The van der Waals surface area contributed by atoms with Gasteiger partial charge in [-0.3, -0.25) is 0 Å². The van der Waals surface area contributed by atoms with Gasteiger partial charge in [0.1, 0.15) is 12.4 Å². The van der Waals surface area contributed by atoms with Crippen LogP contribution in [0.15, 0.2) is 53.8 Å². The van der Waals surface area contributed by atoms with Crippen molar-refractivity contribution in [2.75, 3.05) is 13.7 Å². The molecular formula is C20H25ClO4. The molecule has 0 fully saturated rings. The number of hydrogen-bond acceptors (Lipinski definition) is 4. The molecule has 0 unspecified atom stereocenters. The molecule has 4 nitrogen and oxygen atoms in total. The lowest BCUT2D eigenvalue weighted by molar-refractivity contribution is 0.0596. The van der Waals surface area contributed by atoms with Crippen LogP contribution < -0.4 is 0 Å². The second-order valence-electron chi connectivity index (χ2n) is 5.06. The lowest BCUT2D eigenvalue weighted by atomic mass is 10.1. The molecule has 0 saturated heterocycles. The van der Waals surface area contributed by atoms with Crippen molar-refractivity contribution in [3.63, 3.8) is 0 Å². The number of esters is 1. The molecule has 1 aliphatic carbocycles. The van der Waals surface area contributed by atoms with E-state index in [-0.39, 0.29) is 13.2 Å². The number of aliphatic hydroxyl groups excluding tert-OH is 1. The summed E-state index contributed by atoms with van der Waals surface area (Å²) in [6, 6.07) is 4.97. The normalized spacial score (nSPS) is 13.0.